The maximum Gasteiger partial charge on any atom is 0.270 e. The van der Waals surface area contributed by atoms with Gasteiger partial charge >= 0.3 is 0 Å². The lowest BCUT2D eigenvalue weighted by atomic mass is 10.2. The topological polar surface area (TPSA) is 85.0 Å². The number of halogens is 1. The van der Waals surface area contributed by atoms with Gasteiger partial charge in [-0.05, 0) is 6.07 Å². The third-order valence-electron chi connectivity index (χ3n) is 4.47. The van der Waals surface area contributed by atoms with E-state index in [1.165, 1.54) is 26.9 Å². The Morgan fingerprint density at radius 3 is 2.38 bits per heavy atom. The largest absolute Gasteiger partial charge is 0.329 e. The number of hydrogen-bond donors (Lipinski definition) is 1. The van der Waals surface area contributed by atoms with Crippen LogP contribution in [0.25, 0.3) is 0 Å². The van der Waals surface area contributed by atoms with Gasteiger partial charge in [-0.15, -0.1) is 0 Å². The Morgan fingerprint density at radius 1 is 1.12 bits per heavy atom. The number of piperazine rings is 1. The van der Waals surface area contributed by atoms with Crippen LogP contribution in [0.5, 0.6) is 0 Å². The van der Waals surface area contributed by atoms with Gasteiger partial charge in [0, 0.05) is 17.7 Å². The van der Waals surface area contributed by atoms with E-state index in [1.807, 2.05) is 18.2 Å². The Bertz CT molecular complexity index is 897. The number of rotatable bonds is 5. The molecule has 138 valence electrons. The van der Waals surface area contributed by atoms with E-state index in [1.54, 1.807) is 0 Å². The van der Waals surface area contributed by atoms with Crippen molar-refractivity contribution in [2.75, 3.05) is 26.2 Å². The van der Waals surface area contributed by atoms with Crippen molar-refractivity contribution >= 4 is 27.3 Å². The summed E-state index contributed by atoms with van der Waals surface area (Å²) in [5, 5.41) is 10.9. The van der Waals surface area contributed by atoms with Crippen LogP contribution in [0.2, 0.25) is 5.02 Å². The summed E-state index contributed by atoms with van der Waals surface area (Å²) >= 11 is 6.01. The molecule has 0 aliphatic carbocycles. The zero-order chi connectivity index (χ0) is 18.7. The van der Waals surface area contributed by atoms with Gasteiger partial charge in [-0.25, -0.2) is 8.42 Å². The van der Waals surface area contributed by atoms with Crippen LogP contribution < -0.4 is 4.90 Å². The lowest BCUT2D eigenvalue weighted by molar-refractivity contribution is -0.917. The van der Waals surface area contributed by atoms with Crippen molar-refractivity contribution in [1.29, 1.82) is 0 Å². The molecular weight excluding hydrogens is 378 g/mol. The smallest absolute Gasteiger partial charge is 0.270 e. The summed E-state index contributed by atoms with van der Waals surface area (Å²) in [6.07, 6.45) is 0. The average Bonchev–Trinajstić information content (AvgIpc) is 2.63. The Balaban J connectivity index is 1.72. The monoisotopic (exact) mass is 396 g/mol. The molecule has 26 heavy (non-hydrogen) atoms. The van der Waals surface area contributed by atoms with Crippen molar-refractivity contribution in [2.24, 2.45) is 0 Å². The molecule has 1 aliphatic rings. The predicted octanol–water partition coefficient (Wildman–Crippen LogP) is 1.34. The van der Waals surface area contributed by atoms with Crippen molar-refractivity contribution in [3.05, 3.63) is 69.2 Å². The second-order valence-electron chi connectivity index (χ2n) is 6.19. The van der Waals surface area contributed by atoms with Crippen LogP contribution >= 0.6 is 11.6 Å². The van der Waals surface area contributed by atoms with E-state index in [0.717, 1.165) is 12.6 Å². The standard InChI is InChI=1S/C17H18ClN3O4S/c18-16-7-6-15(21(22)23)12-17(16)26(24,25)20-10-8-19(9-11-20)13-14-4-2-1-3-5-14/h1-7,12H,8-11,13H2/p+1. The molecule has 1 heterocycles. The van der Waals surface area contributed by atoms with E-state index in [4.69, 9.17) is 11.6 Å². The normalized spacial score (nSPS) is 16.5. The minimum Gasteiger partial charge on any atom is -0.329 e. The number of sulfonamides is 1. The van der Waals surface area contributed by atoms with Gasteiger partial charge in [0.1, 0.15) is 11.4 Å². The number of nitro groups is 1. The van der Waals surface area contributed by atoms with Crippen molar-refractivity contribution in [2.45, 2.75) is 11.4 Å². The van der Waals surface area contributed by atoms with Crippen molar-refractivity contribution in [3.8, 4) is 0 Å². The highest BCUT2D eigenvalue weighted by Gasteiger charge is 2.32. The van der Waals surface area contributed by atoms with E-state index in [0.29, 0.717) is 26.2 Å². The number of benzene rings is 2. The second kappa shape index (κ2) is 7.71. The van der Waals surface area contributed by atoms with Gasteiger partial charge in [-0.2, -0.15) is 4.31 Å². The van der Waals surface area contributed by atoms with Crippen LogP contribution in [0, 0.1) is 10.1 Å². The molecule has 1 saturated heterocycles. The van der Waals surface area contributed by atoms with E-state index in [-0.39, 0.29) is 15.6 Å². The fourth-order valence-electron chi connectivity index (χ4n) is 3.05. The van der Waals surface area contributed by atoms with Crippen molar-refractivity contribution < 1.29 is 18.2 Å². The van der Waals surface area contributed by atoms with Gasteiger partial charge in [0.15, 0.2) is 0 Å². The minimum absolute atomic E-state index is 0.00494. The molecule has 0 unspecified atom stereocenters. The SMILES string of the molecule is O=[N+]([O-])c1ccc(Cl)c(S(=O)(=O)N2CC[NH+](Cc3ccccc3)CC2)c1. The third-order valence-corrected chi connectivity index (χ3v) is 6.85. The Hall–Kier alpha value is -2.00. The predicted molar refractivity (Wildman–Crippen MR) is 97.7 cm³/mol. The highest BCUT2D eigenvalue weighted by Crippen LogP contribution is 2.28. The molecule has 0 saturated carbocycles. The first-order valence-corrected chi connectivity index (χ1v) is 10.0. The molecule has 0 amide bonds. The van der Waals surface area contributed by atoms with Crippen LogP contribution in [-0.2, 0) is 16.6 Å². The molecule has 0 radical (unpaired) electrons. The zero-order valence-electron chi connectivity index (χ0n) is 14.0. The number of non-ortho nitro benzene ring substituents is 1. The highest BCUT2D eigenvalue weighted by atomic mass is 35.5. The molecule has 2 aromatic carbocycles. The van der Waals surface area contributed by atoms with Gasteiger partial charge in [-0.1, -0.05) is 41.9 Å². The number of quaternary nitrogens is 1. The van der Waals surface area contributed by atoms with Crippen LogP contribution in [-0.4, -0.2) is 43.8 Å². The summed E-state index contributed by atoms with van der Waals surface area (Å²) in [5.41, 5.74) is 0.918. The molecule has 0 spiro atoms. The molecule has 0 bridgehead atoms. The Labute approximate surface area is 157 Å². The Morgan fingerprint density at radius 2 is 1.77 bits per heavy atom. The number of nitrogens with one attached hydrogen (secondary N) is 1. The fourth-order valence-corrected chi connectivity index (χ4v) is 4.98. The highest BCUT2D eigenvalue weighted by molar-refractivity contribution is 7.89. The van der Waals surface area contributed by atoms with Gasteiger partial charge in [0.05, 0.1) is 36.1 Å². The zero-order valence-corrected chi connectivity index (χ0v) is 15.5. The van der Waals surface area contributed by atoms with Crippen LogP contribution in [0.1, 0.15) is 5.56 Å². The molecule has 1 aliphatic heterocycles. The lowest BCUT2D eigenvalue weighted by Gasteiger charge is -2.31. The lowest BCUT2D eigenvalue weighted by Crippen LogP contribution is -3.13. The summed E-state index contributed by atoms with van der Waals surface area (Å²) in [5.74, 6) is 0. The molecular formula is C17H19ClN3O4S+. The van der Waals surface area contributed by atoms with E-state index < -0.39 is 14.9 Å². The summed E-state index contributed by atoms with van der Waals surface area (Å²) in [6.45, 7) is 2.88. The van der Waals surface area contributed by atoms with E-state index >= 15 is 0 Å². The third kappa shape index (κ3) is 4.04. The molecule has 0 atom stereocenters. The average molecular weight is 397 g/mol. The van der Waals surface area contributed by atoms with Crippen molar-refractivity contribution in [3.63, 3.8) is 0 Å². The quantitative estimate of drug-likeness (QED) is 0.610. The summed E-state index contributed by atoms with van der Waals surface area (Å²) < 4.78 is 27.1. The molecule has 1 fully saturated rings. The fraction of sp³-hybridized carbons (Fsp3) is 0.294. The molecule has 9 heteroatoms. The van der Waals surface area contributed by atoms with Gasteiger partial charge in [0.2, 0.25) is 10.0 Å². The van der Waals surface area contributed by atoms with Crippen molar-refractivity contribution in [1.82, 2.24) is 4.31 Å². The summed E-state index contributed by atoms with van der Waals surface area (Å²) in [6, 6.07) is 13.5. The van der Waals surface area contributed by atoms with Gasteiger partial charge in [-0.3, -0.25) is 10.1 Å². The number of nitrogens with zero attached hydrogens (tertiary/aromatic N) is 2. The van der Waals surface area contributed by atoms with E-state index in [9.17, 15) is 18.5 Å². The summed E-state index contributed by atoms with van der Waals surface area (Å²) in [7, 11) is -3.86. The first-order chi connectivity index (χ1) is 12.4. The molecule has 7 nitrogen and oxygen atoms in total. The maximum absolute atomic E-state index is 12.9. The van der Waals surface area contributed by atoms with E-state index in [2.05, 4.69) is 12.1 Å². The molecule has 0 aromatic heterocycles. The number of hydrogen-bond acceptors (Lipinski definition) is 4. The van der Waals surface area contributed by atoms with Crippen LogP contribution in [0.3, 0.4) is 0 Å². The summed E-state index contributed by atoms with van der Waals surface area (Å²) in [4.78, 5) is 11.4. The maximum atomic E-state index is 12.9. The molecule has 1 N–H and O–H groups in total. The van der Waals surface area contributed by atoms with Crippen LogP contribution in [0.4, 0.5) is 5.69 Å². The first kappa shape index (κ1) is 18.8. The van der Waals surface area contributed by atoms with Gasteiger partial charge in [0.25, 0.3) is 5.69 Å². The molecule has 2 aromatic rings. The number of nitro benzene ring substituents is 1. The first-order valence-electron chi connectivity index (χ1n) is 8.19. The Kier molecular flexibility index (Phi) is 5.57. The minimum atomic E-state index is -3.86. The second-order valence-corrected chi connectivity index (χ2v) is 8.50. The van der Waals surface area contributed by atoms with Gasteiger partial charge < -0.3 is 4.90 Å². The van der Waals surface area contributed by atoms with Crippen LogP contribution in [0.15, 0.2) is 53.4 Å². The molecule has 3 rings (SSSR count).